The average Bonchev–Trinajstić information content (AvgIpc) is 3.12. The lowest BCUT2D eigenvalue weighted by molar-refractivity contribution is 0.0950. The van der Waals surface area contributed by atoms with Crippen LogP contribution in [-0.4, -0.2) is 24.0 Å². The number of rotatable bonds is 5. The fourth-order valence-corrected chi connectivity index (χ4v) is 3.28. The van der Waals surface area contributed by atoms with Crippen molar-refractivity contribution in [1.29, 1.82) is 0 Å². The Kier molecular flexibility index (Phi) is 5.39. The molecule has 0 fully saturated rings. The van der Waals surface area contributed by atoms with Crippen molar-refractivity contribution in [3.63, 3.8) is 0 Å². The number of nitrogens with zero attached hydrogens (tertiary/aromatic N) is 1. The van der Waals surface area contributed by atoms with Crippen LogP contribution in [0.3, 0.4) is 0 Å². The topological polar surface area (TPSA) is 54.7 Å². The number of fused-ring (bicyclic) bond motifs is 1. The molecule has 0 saturated carbocycles. The summed E-state index contributed by atoms with van der Waals surface area (Å²) >= 11 is 0. The standard InChI is InChI=1S/C22H21FN2O3/c23-20-4-2-1-3-18(20)12-24-22(26)17-5-6-21-19(11-17)14-25(8-10-28-21)13-16-7-9-27-15-16/h1-7,9,11,15H,8,10,12-14H2,(H,24,26). The largest absolute Gasteiger partial charge is 0.492 e. The third kappa shape index (κ3) is 4.23. The summed E-state index contributed by atoms with van der Waals surface area (Å²) in [5.74, 6) is 0.227. The lowest BCUT2D eigenvalue weighted by Gasteiger charge is -2.18. The molecular formula is C22H21FN2O3. The van der Waals surface area contributed by atoms with E-state index in [0.29, 0.717) is 24.3 Å². The number of halogens is 1. The Morgan fingerprint density at radius 2 is 2.07 bits per heavy atom. The minimum atomic E-state index is -0.326. The van der Waals surface area contributed by atoms with E-state index in [0.717, 1.165) is 30.0 Å². The van der Waals surface area contributed by atoms with Crippen LogP contribution >= 0.6 is 0 Å². The van der Waals surface area contributed by atoms with E-state index in [9.17, 15) is 9.18 Å². The molecule has 0 atom stereocenters. The quantitative estimate of drug-likeness (QED) is 0.733. The second-order valence-electron chi connectivity index (χ2n) is 6.79. The van der Waals surface area contributed by atoms with Gasteiger partial charge in [-0.3, -0.25) is 9.69 Å². The second kappa shape index (κ2) is 8.27. The van der Waals surface area contributed by atoms with Crippen LogP contribution in [-0.2, 0) is 19.6 Å². The lowest BCUT2D eigenvalue weighted by atomic mass is 10.1. The molecule has 2 heterocycles. The van der Waals surface area contributed by atoms with Gasteiger partial charge in [0.1, 0.15) is 18.2 Å². The summed E-state index contributed by atoms with van der Waals surface area (Å²) in [4.78, 5) is 14.8. The summed E-state index contributed by atoms with van der Waals surface area (Å²) in [6, 6.07) is 13.8. The first-order valence-electron chi connectivity index (χ1n) is 9.20. The number of hydrogen-bond acceptors (Lipinski definition) is 4. The highest BCUT2D eigenvalue weighted by Gasteiger charge is 2.18. The van der Waals surface area contributed by atoms with Gasteiger partial charge in [0.05, 0.1) is 12.5 Å². The molecule has 28 heavy (non-hydrogen) atoms. The highest BCUT2D eigenvalue weighted by Crippen LogP contribution is 2.25. The van der Waals surface area contributed by atoms with E-state index in [2.05, 4.69) is 10.2 Å². The molecular weight excluding hydrogens is 359 g/mol. The van der Waals surface area contributed by atoms with Gasteiger partial charge in [-0.1, -0.05) is 18.2 Å². The van der Waals surface area contributed by atoms with Gasteiger partial charge in [0, 0.05) is 48.4 Å². The van der Waals surface area contributed by atoms with Gasteiger partial charge < -0.3 is 14.5 Å². The molecule has 3 aromatic rings. The Morgan fingerprint density at radius 1 is 1.18 bits per heavy atom. The fraction of sp³-hybridized carbons (Fsp3) is 0.227. The van der Waals surface area contributed by atoms with E-state index in [-0.39, 0.29) is 18.3 Å². The van der Waals surface area contributed by atoms with Crippen molar-refractivity contribution in [2.24, 2.45) is 0 Å². The van der Waals surface area contributed by atoms with E-state index in [4.69, 9.17) is 9.15 Å². The van der Waals surface area contributed by atoms with Crippen LogP contribution in [0.25, 0.3) is 0 Å². The van der Waals surface area contributed by atoms with Crippen molar-refractivity contribution in [2.75, 3.05) is 13.2 Å². The first-order valence-corrected chi connectivity index (χ1v) is 9.20. The van der Waals surface area contributed by atoms with Crippen LogP contribution in [0, 0.1) is 5.82 Å². The Bertz CT molecular complexity index is 956. The van der Waals surface area contributed by atoms with Crippen molar-refractivity contribution >= 4 is 5.91 Å². The van der Waals surface area contributed by atoms with Gasteiger partial charge in [-0.25, -0.2) is 4.39 Å². The molecule has 0 saturated heterocycles. The number of hydrogen-bond donors (Lipinski definition) is 1. The maximum atomic E-state index is 13.7. The van der Waals surface area contributed by atoms with E-state index in [1.54, 1.807) is 36.8 Å². The Hall–Kier alpha value is -3.12. The smallest absolute Gasteiger partial charge is 0.251 e. The summed E-state index contributed by atoms with van der Waals surface area (Å²) in [5.41, 5.74) is 3.05. The molecule has 1 aliphatic rings. The molecule has 1 aromatic heterocycles. The molecule has 0 aliphatic carbocycles. The summed E-state index contributed by atoms with van der Waals surface area (Å²) in [7, 11) is 0. The normalized spacial score (nSPS) is 14.0. The lowest BCUT2D eigenvalue weighted by Crippen LogP contribution is -2.25. The van der Waals surface area contributed by atoms with Gasteiger partial charge in [-0.15, -0.1) is 0 Å². The molecule has 1 amide bonds. The van der Waals surface area contributed by atoms with Gasteiger partial charge in [0.15, 0.2) is 0 Å². The van der Waals surface area contributed by atoms with Gasteiger partial charge in [-0.05, 0) is 30.3 Å². The molecule has 0 radical (unpaired) electrons. The molecule has 0 bridgehead atoms. The van der Waals surface area contributed by atoms with E-state index in [1.165, 1.54) is 6.07 Å². The predicted octanol–water partition coefficient (Wildman–Crippen LogP) is 3.74. The molecule has 144 valence electrons. The number of ether oxygens (including phenoxy) is 1. The van der Waals surface area contributed by atoms with Crippen molar-refractivity contribution in [1.82, 2.24) is 10.2 Å². The SMILES string of the molecule is O=C(NCc1ccccc1F)c1ccc2c(c1)CN(Cc1ccoc1)CCO2. The van der Waals surface area contributed by atoms with Crippen LogP contribution in [0.1, 0.15) is 27.0 Å². The van der Waals surface area contributed by atoms with Gasteiger partial charge in [0.2, 0.25) is 0 Å². The minimum absolute atomic E-state index is 0.145. The van der Waals surface area contributed by atoms with Gasteiger partial charge in [-0.2, -0.15) is 0 Å². The Morgan fingerprint density at radius 3 is 2.89 bits per heavy atom. The zero-order valence-corrected chi connectivity index (χ0v) is 15.4. The van der Waals surface area contributed by atoms with Crippen LogP contribution < -0.4 is 10.1 Å². The van der Waals surface area contributed by atoms with Crippen molar-refractivity contribution in [3.05, 3.63) is 89.1 Å². The number of benzene rings is 2. The number of carbonyl (C=O) groups excluding carboxylic acids is 1. The monoisotopic (exact) mass is 380 g/mol. The maximum Gasteiger partial charge on any atom is 0.251 e. The maximum absolute atomic E-state index is 13.7. The average molecular weight is 380 g/mol. The van der Waals surface area contributed by atoms with E-state index >= 15 is 0 Å². The molecule has 1 aliphatic heterocycles. The highest BCUT2D eigenvalue weighted by atomic mass is 19.1. The van der Waals surface area contributed by atoms with Crippen molar-refractivity contribution in [2.45, 2.75) is 19.6 Å². The molecule has 6 heteroatoms. The van der Waals surface area contributed by atoms with Gasteiger partial charge in [0.25, 0.3) is 5.91 Å². The molecule has 1 N–H and O–H groups in total. The van der Waals surface area contributed by atoms with Crippen LogP contribution in [0.15, 0.2) is 65.5 Å². The first-order chi connectivity index (χ1) is 13.7. The summed E-state index contributed by atoms with van der Waals surface area (Å²) in [6.45, 7) is 2.95. The van der Waals surface area contributed by atoms with Crippen LogP contribution in [0.2, 0.25) is 0 Å². The van der Waals surface area contributed by atoms with Gasteiger partial charge >= 0.3 is 0 Å². The van der Waals surface area contributed by atoms with Crippen LogP contribution in [0.4, 0.5) is 4.39 Å². The molecule has 4 rings (SSSR count). The predicted molar refractivity (Wildman–Crippen MR) is 102 cm³/mol. The molecule has 2 aromatic carbocycles. The van der Waals surface area contributed by atoms with Crippen LogP contribution in [0.5, 0.6) is 5.75 Å². The zero-order valence-electron chi connectivity index (χ0n) is 15.4. The molecule has 5 nitrogen and oxygen atoms in total. The third-order valence-corrected chi connectivity index (χ3v) is 4.77. The van der Waals surface area contributed by atoms with E-state index < -0.39 is 0 Å². The Labute approximate surface area is 162 Å². The summed E-state index contributed by atoms with van der Waals surface area (Å²) < 4.78 is 24.7. The zero-order chi connectivity index (χ0) is 19.3. The minimum Gasteiger partial charge on any atom is -0.492 e. The molecule has 0 spiro atoms. The fourth-order valence-electron chi connectivity index (χ4n) is 3.28. The first kappa shape index (κ1) is 18.3. The number of amides is 1. The number of nitrogens with one attached hydrogen (secondary N) is 1. The van der Waals surface area contributed by atoms with E-state index in [1.807, 2.05) is 18.2 Å². The van der Waals surface area contributed by atoms with Crippen molar-refractivity contribution in [3.8, 4) is 5.75 Å². The number of furan rings is 1. The van der Waals surface area contributed by atoms with Crippen molar-refractivity contribution < 1.29 is 18.3 Å². The Balaban J connectivity index is 1.45. The highest BCUT2D eigenvalue weighted by molar-refractivity contribution is 5.94. The summed E-state index contributed by atoms with van der Waals surface area (Å²) in [6.07, 6.45) is 3.40. The molecule has 0 unspecified atom stereocenters. The second-order valence-corrected chi connectivity index (χ2v) is 6.79. The summed E-state index contributed by atoms with van der Waals surface area (Å²) in [5, 5.41) is 2.78. The third-order valence-electron chi connectivity index (χ3n) is 4.77. The number of carbonyl (C=O) groups is 1.